The summed E-state index contributed by atoms with van der Waals surface area (Å²) in [5, 5.41) is 8.57. The average molecular weight is 457 g/mol. The van der Waals surface area contributed by atoms with E-state index in [9.17, 15) is 18.0 Å². The van der Waals surface area contributed by atoms with Crippen molar-refractivity contribution in [2.45, 2.75) is 26.6 Å². The van der Waals surface area contributed by atoms with E-state index in [1.165, 1.54) is 26.3 Å². The molecule has 2 N–H and O–H groups in total. The highest BCUT2D eigenvalue weighted by molar-refractivity contribution is 6.45. The summed E-state index contributed by atoms with van der Waals surface area (Å²) in [5.41, 5.74) is 1.76. The standard InChI is InChI=1S/C21H21ClF3N3O3/c1-12-6-5-7-15(19(28-30-4)20(29)26-3)16(12)11-31-27-13(2)14-8-9-18(22)17(10-14)21(23,24)25/h5-10H,11H2,1-4H3,(H,26,29)/p+1/b27-13+,28-19+. The first-order chi connectivity index (χ1) is 14.6. The number of carbonyl (C=O) groups excluding carboxylic acids is 1. The summed E-state index contributed by atoms with van der Waals surface area (Å²) in [5.74, 6) is -0.440. The zero-order valence-electron chi connectivity index (χ0n) is 17.4. The second-order valence-electron chi connectivity index (χ2n) is 6.51. The molecule has 0 aliphatic carbocycles. The highest BCUT2D eigenvalue weighted by Crippen LogP contribution is 2.35. The van der Waals surface area contributed by atoms with Gasteiger partial charge in [0.15, 0.2) is 12.3 Å². The Morgan fingerprint density at radius 2 is 1.97 bits per heavy atom. The van der Waals surface area contributed by atoms with E-state index in [1.807, 2.05) is 13.0 Å². The fraction of sp³-hybridized carbons (Fsp3) is 0.286. The number of nitrogens with zero attached hydrogens (tertiary/aromatic N) is 1. The van der Waals surface area contributed by atoms with Gasteiger partial charge in [-0.3, -0.25) is 9.63 Å². The average Bonchev–Trinajstić information content (AvgIpc) is 2.72. The van der Waals surface area contributed by atoms with Crippen LogP contribution in [0.2, 0.25) is 5.02 Å². The van der Waals surface area contributed by atoms with E-state index < -0.39 is 17.6 Å². The molecule has 0 aromatic heterocycles. The van der Waals surface area contributed by atoms with E-state index in [4.69, 9.17) is 21.3 Å². The third-order valence-electron chi connectivity index (χ3n) is 4.44. The fourth-order valence-electron chi connectivity index (χ4n) is 2.79. The van der Waals surface area contributed by atoms with E-state index in [2.05, 4.69) is 15.6 Å². The molecule has 10 heteroatoms. The Labute approximate surface area is 182 Å². The van der Waals surface area contributed by atoms with Gasteiger partial charge in [0.05, 0.1) is 10.6 Å². The van der Waals surface area contributed by atoms with Gasteiger partial charge >= 0.3 is 6.18 Å². The summed E-state index contributed by atoms with van der Waals surface area (Å²) in [6.45, 7) is 3.42. The number of oxime groups is 1. The minimum absolute atomic E-state index is 0.0127. The molecule has 166 valence electrons. The van der Waals surface area contributed by atoms with Crippen LogP contribution in [0.4, 0.5) is 13.2 Å². The summed E-state index contributed by atoms with van der Waals surface area (Å²) >= 11 is 5.66. The van der Waals surface area contributed by atoms with Crippen LogP contribution in [-0.2, 0) is 27.3 Å². The van der Waals surface area contributed by atoms with Gasteiger partial charge in [0.25, 0.3) is 5.91 Å². The number of carbonyl (C=O) groups is 1. The van der Waals surface area contributed by atoms with Crippen LogP contribution in [0.3, 0.4) is 0 Å². The van der Waals surface area contributed by atoms with Crippen LogP contribution >= 0.6 is 11.6 Å². The van der Waals surface area contributed by atoms with Crippen LogP contribution in [0, 0.1) is 6.92 Å². The Kier molecular flexibility index (Phi) is 8.04. The summed E-state index contributed by atoms with van der Waals surface area (Å²) in [7, 11) is 2.80. The van der Waals surface area contributed by atoms with E-state index in [1.54, 1.807) is 19.1 Å². The van der Waals surface area contributed by atoms with Gasteiger partial charge in [-0.1, -0.05) is 35.0 Å². The Bertz CT molecular complexity index is 1020. The highest BCUT2D eigenvalue weighted by Gasteiger charge is 2.33. The van der Waals surface area contributed by atoms with Crippen molar-refractivity contribution in [2.75, 3.05) is 14.2 Å². The van der Waals surface area contributed by atoms with Crippen molar-refractivity contribution in [3.05, 3.63) is 69.2 Å². The molecule has 0 unspecified atom stereocenters. The maximum atomic E-state index is 13.1. The number of benzene rings is 2. The molecule has 1 amide bonds. The van der Waals surface area contributed by atoms with Crippen molar-refractivity contribution in [1.29, 1.82) is 0 Å². The largest absolute Gasteiger partial charge is 0.417 e. The lowest BCUT2D eigenvalue weighted by molar-refractivity contribution is -0.758. The number of halogens is 4. The third kappa shape index (κ3) is 5.97. The SMILES string of the molecule is CNC(=O)/C(=N/OC)c1cccc(C)c1CO/[NH+]=C(\C)c1ccc(Cl)c(C(F)(F)F)c1. The molecule has 0 saturated heterocycles. The Hall–Kier alpha value is -3.07. The molecule has 0 radical (unpaired) electrons. The normalized spacial score (nSPS) is 12.5. The molecular weight excluding hydrogens is 435 g/mol. The molecule has 0 aliphatic heterocycles. The number of aryl methyl sites for hydroxylation is 1. The number of nitrogens with one attached hydrogen (secondary N) is 2. The molecule has 2 aromatic carbocycles. The monoisotopic (exact) mass is 456 g/mol. The molecule has 0 bridgehead atoms. The summed E-state index contributed by atoms with van der Waals surface area (Å²) < 4.78 is 39.3. The molecule has 2 rings (SSSR count). The van der Waals surface area contributed by atoms with Gasteiger partial charge in [-0.15, -0.1) is 0 Å². The molecule has 6 nitrogen and oxygen atoms in total. The zero-order chi connectivity index (χ0) is 23.2. The van der Waals surface area contributed by atoms with E-state index in [-0.39, 0.29) is 22.9 Å². The van der Waals surface area contributed by atoms with Crippen molar-refractivity contribution >= 4 is 28.9 Å². The molecule has 0 fully saturated rings. The lowest BCUT2D eigenvalue weighted by atomic mass is 9.98. The van der Waals surface area contributed by atoms with Crippen molar-refractivity contribution < 1.29 is 32.8 Å². The molecule has 0 spiro atoms. The van der Waals surface area contributed by atoms with Gasteiger partial charge in [-0.2, -0.15) is 13.2 Å². The molecule has 0 aliphatic rings. The minimum Gasteiger partial charge on any atom is -0.398 e. The molecule has 0 atom stereocenters. The van der Waals surface area contributed by atoms with E-state index in [0.29, 0.717) is 16.8 Å². The number of hydrogen-bond acceptors (Lipinski definition) is 4. The maximum Gasteiger partial charge on any atom is 0.417 e. The quantitative estimate of drug-likeness (QED) is 0.497. The first kappa shape index (κ1) is 24.2. The number of alkyl halides is 3. The first-order valence-electron chi connectivity index (χ1n) is 9.10. The zero-order valence-corrected chi connectivity index (χ0v) is 18.1. The van der Waals surface area contributed by atoms with Crippen molar-refractivity contribution in [1.82, 2.24) is 5.32 Å². The van der Waals surface area contributed by atoms with E-state index >= 15 is 0 Å². The predicted molar refractivity (Wildman–Crippen MR) is 111 cm³/mol. The molecule has 0 saturated carbocycles. The Morgan fingerprint density at radius 1 is 1.26 bits per heavy atom. The predicted octanol–water partition coefficient (Wildman–Crippen LogP) is 2.79. The van der Waals surface area contributed by atoms with Gasteiger partial charge in [-0.05, 0) is 35.8 Å². The topological polar surface area (TPSA) is 73.9 Å². The summed E-state index contributed by atoms with van der Waals surface area (Å²) in [4.78, 5) is 22.5. The molecule has 0 heterocycles. The third-order valence-corrected chi connectivity index (χ3v) is 4.77. The van der Waals surface area contributed by atoms with Crippen LogP contribution in [0.15, 0.2) is 41.6 Å². The fourth-order valence-corrected chi connectivity index (χ4v) is 3.01. The molecular formula is C21H22ClF3N3O3+. The lowest BCUT2D eigenvalue weighted by Crippen LogP contribution is -2.71. The lowest BCUT2D eigenvalue weighted by Gasteiger charge is -2.12. The van der Waals surface area contributed by atoms with Crippen LogP contribution in [0.25, 0.3) is 0 Å². The van der Waals surface area contributed by atoms with Crippen LogP contribution in [0.1, 0.15) is 34.7 Å². The summed E-state index contributed by atoms with van der Waals surface area (Å²) in [6.07, 6.45) is -4.57. The molecule has 31 heavy (non-hydrogen) atoms. The Balaban J connectivity index is 2.31. The van der Waals surface area contributed by atoms with Crippen molar-refractivity contribution in [2.24, 2.45) is 5.16 Å². The van der Waals surface area contributed by atoms with Crippen molar-refractivity contribution in [3.8, 4) is 0 Å². The van der Waals surface area contributed by atoms with Gasteiger partial charge in [0.2, 0.25) is 5.71 Å². The van der Waals surface area contributed by atoms with Gasteiger partial charge in [0, 0.05) is 30.7 Å². The molecule has 2 aromatic rings. The van der Waals surface area contributed by atoms with E-state index in [0.717, 1.165) is 11.6 Å². The van der Waals surface area contributed by atoms with Gasteiger partial charge in [0.1, 0.15) is 7.11 Å². The second-order valence-corrected chi connectivity index (χ2v) is 6.92. The van der Waals surface area contributed by atoms with Crippen molar-refractivity contribution in [3.63, 3.8) is 0 Å². The van der Waals surface area contributed by atoms with Crippen LogP contribution < -0.4 is 10.5 Å². The number of likely N-dealkylation sites (N-methyl/N-ethyl adjacent to an activating group) is 1. The highest BCUT2D eigenvalue weighted by atomic mass is 35.5. The Morgan fingerprint density at radius 3 is 2.58 bits per heavy atom. The number of amides is 1. The van der Waals surface area contributed by atoms with Gasteiger partial charge < -0.3 is 10.2 Å². The summed E-state index contributed by atoms with van der Waals surface area (Å²) in [6, 6.07) is 8.88. The first-order valence-corrected chi connectivity index (χ1v) is 9.48. The second kappa shape index (κ2) is 10.3. The number of hydrogen-bond donors (Lipinski definition) is 2. The van der Waals surface area contributed by atoms with Crippen LogP contribution in [-0.4, -0.2) is 31.5 Å². The van der Waals surface area contributed by atoms with Crippen LogP contribution in [0.5, 0.6) is 0 Å². The minimum atomic E-state index is -4.57. The number of rotatable bonds is 7. The smallest absolute Gasteiger partial charge is 0.398 e. The maximum absolute atomic E-state index is 13.1. The van der Waals surface area contributed by atoms with Gasteiger partial charge in [-0.25, -0.2) is 0 Å².